The summed E-state index contributed by atoms with van der Waals surface area (Å²) in [5, 5.41) is 13.0. The second-order valence-corrected chi connectivity index (χ2v) is 6.48. The predicted octanol–water partition coefficient (Wildman–Crippen LogP) is 2.92. The molecule has 2 aromatic heterocycles. The summed E-state index contributed by atoms with van der Waals surface area (Å²) in [6.07, 6.45) is 0. The number of carbonyl (C=O) groups excluding carboxylic acids is 1. The summed E-state index contributed by atoms with van der Waals surface area (Å²) in [5.74, 6) is -0.312. The van der Waals surface area contributed by atoms with Crippen molar-refractivity contribution in [1.82, 2.24) is 15.6 Å². The van der Waals surface area contributed by atoms with Crippen LogP contribution in [0.15, 0.2) is 28.7 Å². The first-order valence-electron chi connectivity index (χ1n) is 6.32. The molecule has 0 bridgehead atoms. The zero-order valence-electron chi connectivity index (χ0n) is 12.0. The monoisotopic (exact) mass is 290 g/mol. The van der Waals surface area contributed by atoms with Crippen molar-refractivity contribution in [3.05, 3.63) is 39.8 Å². The Labute approximate surface area is 122 Å². The number of aromatic nitrogens is 2. The van der Waals surface area contributed by atoms with Crippen molar-refractivity contribution < 1.29 is 4.79 Å². The van der Waals surface area contributed by atoms with Gasteiger partial charge in [0.15, 0.2) is 5.69 Å². The highest BCUT2D eigenvalue weighted by molar-refractivity contribution is 7.12. The number of nitrogens with one attached hydrogen (secondary N) is 2. The van der Waals surface area contributed by atoms with Gasteiger partial charge in [0.2, 0.25) is 0 Å². The van der Waals surface area contributed by atoms with E-state index in [2.05, 4.69) is 41.5 Å². The van der Waals surface area contributed by atoms with Gasteiger partial charge in [-0.3, -0.25) is 9.89 Å². The zero-order chi connectivity index (χ0) is 14.8. The average molecular weight is 290 g/mol. The minimum Gasteiger partial charge on any atom is -0.281 e. The Morgan fingerprint density at radius 3 is 2.75 bits per heavy atom. The fraction of sp³-hybridized carbons (Fsp3) is 0.357. The van der Waals surface area contributed by atoms with Crippen molar-refractivity contribution in [3.63, 3.8) is 0 Å². The van der Waals surface area contributed by atoms with Crippen molar-refractivity contribution >= 4 is 23.0 Å². The Kier molecular flexibility index (Phi) is 4.04. The van der Waals surface area contributed by atoms with E-state index in [4.69, 9.17) is 0 Å². The number of amides is 1. The third-order valence-corrected chi connectivity index (χ3v) is 3.80. The zero-order valence-corrected chi connectivity index (χ0v) is 12.8. The molecule has 2 N–H and O–H groups in total. The molecule has 2 heterocycles. The Hall–Kier alpha value is -1.95. The normalized spacial score (nSPS) is 12.5. The van der Waals surface area contributed by atoms with Crippen LogP contribution in [0.1, 0.15) is 48.8 Å². The van der Waals surface area contributed by atoms with Gasteiger partial charge in [-0.2, -0.15) is 10.2 Å². The largest absolute Gasteiger partial charge is 0.291 e. The van der Waals surface area contributed by atoms with Gasteiger partial charge >= 0.3 is 0 Å². The van der Waals surface area contributed by atoms with E-state index in [1.165, 1.54) is 0 Å². The van der Waals surface area contributed by atoms with Gasteiger partial charge in [0, 0.05) is 16.0 Å². The van der Waals surface area contributed by atoms with Crippen LogP contribution >= 0.6 is 11.3 Å². The van der Waals surface area contributed by atoms with Gasteiger partial charge in [0.05, 0.1) is 5.71 Å². The van der Waals surface area contributed by atoms with Crippen LogP contribution in [0.3, 0.4) is 0 Å². The summed E-state index contributed by atoms with van der Waals surface area (Å²) in [7, 11) is 0. The van der Waals surface area contributed by atoms with Crippen LogP contribution in [0.25, 0.3) is 0 Å². The molecular weight excluding hydrogens is 272 g/mol. The highest BCUT2D eigenvalue weighted by Crippen LogP contribution is 2.20. The molecule has 0 saturated carbocycles. The number of rotatable bonds is 3. The van der Waals surface area contributed by atoms with Crippen molar-refractivity contribution in [2.24, 2.45) is 5.10 Å². The topological polar surface area (TPSA) is 70.1 Å². The van der Waals surface area contributed by atoms with Crippen LogP contribution in [0, 0.1) is 0 Å². The van der Waals surface area contributed by atoms with Gasteiger partial charge < -0.3 is 0 Å². The fourth-order valence-electron chi connectivity index (χ4n) is 1.55. The molecule has 0 saturated heterocycles. The smallest absolute Gasteiger partial charge is 0.281 e. The number of hydrazone groups is 1. The summed E-state index contributed by atoms with van der Waals surface area (Å²) in [6.45, 7) is 8.03. The maximum absolute atomic E-state index is 12.0. The van der Waals surface area contributed by atoms with Gasteiger partial charge in [-0.25, -0.2) is 5.43 Å². The summed E-state index contributed by atoms with van der Waals surface area (Å²) in [4.78, 5) is 13.0. The second-order valence-electron chi connectivity index (χ2n) is 5.53. The molecule has 0 spiro atoms. The van der Waals surface area contributed by atoms with E-state index in [0.717, 1.165) is 16.3 Å². The van der Waals surface area contributed by atoms with E-state index in [1.54, 1.807) is 17.4 Å². The molecule has 5 nitrogen and oxygen atoms in total. The molecule has 0 unspecified atom stereocenters. The predicted molar refractivity (Wildman–Crippen MR) is 81.3 cm³/mol. The number of carbonyl (C=O) groups is 1. The van der Waals surface area contributed by atoms with Crippen LogP contribution in [0.2, 0.25) is 0 Å². The third kappa shape index (κ3) is 3.33. The van der Waals surface area contributed by atoms with Gasteiger partial charge in [-0.05, 0) is 24.4 Å². The van der Waals surface area contributed by atoms with E-state index in [0.29, 0.717) is 5.69 Å². The Morgan fingerprint density at radius 2 is 2.20 bits per heavy atom. The summed E-state index contributed by atoms with van der Waals surface area (Å²) >= 11 is 1.58. The Balaban J connectivity index is 2.06. The van der Waals surface area contributed by atoms with Crippen molar-refractivity contribution in [1.29, 1.82) is 0 Å². The molecule has 6 heteroatoms. The lowest BCUT2D eigenvalue weighted by Crippen LogP contribution is -2.19. The standard InChI is InChI=1S/C14H18N4OS/c1-9(11-6-5-7-20-11)15-18-13(19)10-8-12(17-16-10)14(2,3)4/h5-8H,1-4H3,(H,16,17)(H,18,19). The molecule has 1 amide bonds. The lowest BCUT2D eigenvalue weighted by atomic mass is 9.92. The van der Waals surface area contributed by atoms with Crippen molar-refractivity contribution in [3.8, 4) is 0 Å². The summed E-state index contributed by atoms with van der Waals surface area (Å²) in [6, 6.07) is 5.66. The first-order valence-corrected chi connectivity index (χ1v) is 7.20. The number of thiophene rings is 1. The number of hydrogen-bond donors (Lipinski definition) is 2. The molecule has 0 aliphatic heterocycles. The Bertz CT molecular complexity index is 620. The lowest BCUT2D eigenvalue weighted by molar-refractivity contribution is 0.0950. The van der Waals surface area contributed by atoms with E-state index in [9.17, 15) is 4.79 Å². The number of H-pyrrole nitrogens is 1. The van der Waals surface area contributed by atoms with E-state index < -0.39 is 0 Å². The molecule has 0 atom stereocenters. The SMILES string of the molecule is CC(=NNC(=O)c1cc(C(C)(C)C)[nH]n1)c1cccs1. The van der Waals surface area contributed by atoms with E-state index in [1.807, 2.05) is 24.4 Å². The van der Waals surface area contributed by atoms with Gasteiger partial charge in [-0.15, -0.1) is 11.3 Å². The first kappa shape index (κ1) is 14.5. The molecular formula is C14H18N4OS. The third-order valence-electron chi connectivity index (χ3n) is 2.82. The highest BCUT2D eigenvalue weighted by Gasteiger charge is 2.19. The van der Waals surface area contributed by atoms with Gasteiger partial charge in [0.25, 0.3) is 5.91 Å². The molecule has 2 rings (SSSR count). The van der Waals surface area contributed by atoms with Crippen LogP contribution in [-0.2, 0) is 5.41 Å². The number of hydrogen-bond acceptors (Lipinski definition) is 4. The molecule has 0 fully saturated rings. The first-order chi connectivity index (χ1) is 9.38. The van der Waals surface area contributed by atoms with Crippen LogP contribution in [0.5, 0.6) is 0 Å². The molecule has 0 radical (unpaired) electrons. The maximum atomic E-state index is 12.0. The van der Waals surface area contributed by atoms with E-state index in [-0.39, 0.29) is 11.3 Å². The highest BCUT2D eigenvalue weighted by atomic mass is 32.1. The van der Waals surface area contributed by atoms with Gasteiger partial charge in [-0.1, -0.05) is 26.8 Å². The molecule has 2 aromatic rings. The molecule has 0 aromatic carbocycles. The lowest BCUT2D eigenvalue weighted by Gasteiger charge is -2.14. The molecule has 0 aliphatic rings. The van der Waals surface area contributed by atoms with Crippen LogP contribution in [-0.4, -0.2) is 21.8 Å². The van der Waals surface area contributed by atoms with Crippen molar-refractivity contribution in [2.75, 3.05) is 0 Å². The second kappa shape index (κ2) is 5.58. The molecule has 0 aliphatic carbocycles. The van der Waals surface area contributed by atoms with Gasteiger partial charge in [0.1, 0.15) is 0 Å². The summed E-state index contributed by atoms with van der Waals surface area (Å²) in [5.41, 5.74) is 4.50. The average Bonchev–Trinajstić information content (AvgIpc) is 3.04. The van der Waals surface area contributed by atoms with Crippen LogP contribution in [0.4, 0.5) is 0 Å². The Morgan fingerprint density at radius 1 is 1.45 bits per heavy atom. The summed E-state index contributed by atoms with van der Waals surface area (Å²) < 4.78 is 0. The fourth-order valence-corrected chi connectivity index (χ4v) is 2.23. The maximum Gasteiger partial charge on any atom is 0.291 e. The minimum atomic E-state index is -0.312. The van der Waals surface area contributed by atoms with Crippen molar-refractivity contribution in [2.45, 2.75) is 33.1 Å². The molecule has 20 heavy (non-hydrogen) atoms. The minimum absolute atomic E-state index is 0.0678. The van der Waals surface area contributed by atoms with E-state index >= 15 is 0 Å². The van der Waals surface area contributed by atoms with Crippen LogP contribution < -0.4 is 5.43 Å². The number of nitrogens with zero attached hydrogens (tertiary/aromatic N) is 2. The quantitative estimate of drug-likeness (QED) is 0.674. The molecule has 106 valence electrons. The number of aromatic amines is 1.